The van der Waals surface area contributed by atoms with Crippen LogP contribution in [0.15, 0.2) is 78.9 Å². The Morgan fingerprint density at radius 1 is 1.03 bits per heavy atom. The Bertz CT molecular complexity index is 1260. The summed E-state index contributed by atoms with van der Waals surface area (Å²) in [5, 5.41) is 15.6. The quantitative estimate of drug-likeness (QED) is 0.157. The standard InChI is InChI=1S/C27H27N3O3/c1-20(2)6-5-19-33-24-16-14-23(15-17-24)22-12-9-21(10-13-22)11-18-27(31)29-25-7-3-4-8-26(25)30(32)28-29/h3-4,7-18,20H,5-6,19H2,1-2H3/b18-11+. The Labute approximate surface area is 193 Å². The zero-order chi connectivity index (χ0) is 23.2. The first-order chi connectivity index (χ1) is 16.0. The molecular weight excluding hydrogens is 414 g/mol. The molecule has 0 bridgehead atoms. The summed E-state index contributed by atoms with van der Waals surface area (Å²) in [7, 11) is 0. The molecule has 6 nitrogen and oxygen atoms in total. The van der Waals surface area contributed by atoms with Gasteiger partial charge in [0.05, 0.1) is 6.61 Å². The van der Waals surface area contributed by atoms with Crippen molar-refractivity contribution < 1.29 is 14.4 Å². The molecule has 6 heteroatoms. The lowest BCUT2D eigenvalue weighted by molar-refractivity contribution is -0.645. The van der Waals surface area contributed by atoms with E-state index in [0.29, 0.717) is 21.8 Å². The van der Waals surface area contributed by atoms with E-state index in [2.05, 4.69) is 19.1 Å². The lowest BCUT2D eigenvalue weighted by Gasteiger charge is -2.09. The molecule has 0 fully saturated rings. The molecule has 0 aliphatic carbocycles. The largest absolute Gasteiger partial charge is 0.691 e. The number of fused-ring (bicyclic) bond motifs is 1. The SMILES string of the molecule is CC(C)CCCOc1ccc(-c2ccc(/C=C/C(=O)n3n[n+]([O-])c4ccccc43)cc2)cc1. The number of para-hydroxylation sites is 2. The molecule has 1 heterocycles. The molecule has 0 saturated carbocycles. The van der Waals surface area contributed by atoms with Crippen LogP contribution in [0.25, 0.3) is 28.2 Å². The van der Waals surface area contributed by atoms with Gasteiger partial charge in [-0.1, -0.05) is 67.1 Å². The first-order valence-corrected chi connectivity index (χ1v) is 11.1. The second-order valence-electron chi connectivity index (χ2n) is 8.37. The third-order valence-corrected chi connectivity index (χ3v) is 5.41. The summed E-state index contributed by atoms with van der Waals surface area (Å²) in [5.74, 6) is 1.20. The third kappa shape index (κ3) is 5.47. The number of benzene rings is 3. The van der Waals surface area contributed by atoms with Crippen LogP contribution in [0.3, 0.4) is 0 Å². The normalized spacial score (nSPS) is 11.5. The van der Waals surface area contributed by atoms with E-state index < -0.39 is 0 Å². The second-order valence-corrected chi connectivity index (χ2v) is 8.37. The summed E-state index contributed by atoms with van der Waals surface area (Å²) in [4.78, 5) is 13.0. The van der Waals surface area contributed by atoms with E-state index in [1.807, 2.05) is 48.5 Å². The average Bonchev–Trinajstić information content (AvgIpc) is 3.18. The average molecular weight is 442 g/mol. The summed E-state index contributed by atoms with van der Waals surface area (Å²) in [5.41, 5.74) is 3.89. The van der Waals surface area contributed by atoms with Gasteiger partial charge in [-0.3, -0.25) is 0 Å². The summed E-state index contributed by atoms with van der Waals surface area (Å²) in [6.45, 7) is 5.18. The van der Waals surface area contributed by atoms with Gasteiger partial charge in [0.1, 0.15) is 11.0 Å². The predicted molar refractivity (Wildman–Crippen MR) is 130 cm³/mol. The number of allylic oxidation sites excluding steroid dienone is 1. The van der Waals surface area contributed by atoms with Crippen molar-refractivity contribution in [3.8, 4) is 16.9 Å². The van der Waals surface area contributed by atoms with Crippen molar-refractivity contribution in [3.05, 3.63) is 89.6 Å². The van der Waals surface area contributed by atoms with Crippen LogP contribution in [0.1, 0.15) is 37.0 Å². The highest BCUT2D eigenvalue weighted by Crippen LogP contribution is 2.23. The van der Waals surface area contributed by atoms with Crippen molar-refractivity contribution >= 4 is 23.0 Å². The number of hydrogen-bond donors (Lipinski definition) is 0. The Kier molecular flexibility index (Phi) is 6.83. The van der Waals surface area contributed by atoms with Crippen molar-refractivity contribution in [1.82, 2.24) is 9.90 Å². The lowest BCUT2D eigenvalue weighted by Crippen LogP contribution is -2.30. The summed E-state index contributed by atoms with van der Waals surface area (Å²) >= 11 is 0. The van der Waals surface area contributed by atoms with Crippen LogP contribution in [-0.4, -0.2) is 22.4 Å². The van der Waals surface area contributed by atoms with Crippen LogP contribution in [0.2, 0.25) is 0 Å². The molecule has 33 heavy (non-hydrogen) atoms. The van der Waals surface area contributed by atoms with Gasteiger partial charge < -0.3 is 9.94 Å². The van der Waals surface area contributed by atoms with E-state index in [-0.39, 0.29) is 5.91 Å². The van der Waals surface area contributed by atoms with Crippen molar-refractivity contribution in [2.45, 2.75) is 26.7 Å². The smallest absolute Gasteiger partial charge is 0.359 e. The van der Waals surface area contributed by atoms with E-state index in [0.717, 1.165) is 40.1 Å². The molecule has 0 atom stereocenters. The minimum Gasteiger partial charge on any atom is -0.691 e. The number of hydrogen-bond acceptors (Lipinski definition) is 4. The summed E-state index contributed by atoms with van der Waals surface area (Å²) in [6.07, 6.45) is 5.36. The number of rotatable bonds is 8. The molecule has 0 aliphatic rings. The minimum atomic E-state index is -0.381. The molecule has 168 valence electrons. The summed E-state index contributed by atoms with van der Waals surface area (Å²) < 4.78 is 6.93. The molecule has 0 N–H and O–H groups in total. The van der Waals surface area contributed by atoms with Gasteiger partial charge in [0.2, 0.25) is 11.0 Å². The maximum Gasteiger partial charge on any atom is 0.359 e. The van der Waals surface area contributed by atoms with Gasteiger partial charge in [-0.25, -0.2) is 4.79 Å². The number of aromatic nitrogens is 3. The van der Waals surface area contributed by atoms with Crippen LogP contribution in [0.4, 0.5) is 0 Å². The van der Waals surface area contributed by atoms with Crippen LogP contribution in [-0.2, 0) is 0 Å². The molecular formula is C27H27N3O3. The highest BCUT2D eigenvalue weighted by atomic mass is 16.5. The molecule has 0 radical (unpaired) electrons. The highest BCUT2D eigenvalue weighted by molar-refractivity contribution is 5.97. The molecule has 0 amide bonds. The van der Waals surface area contributed by atoms with E-state index in [9.17, 15) is 10.0 Å². The minimum absolute atomic E-state index is 0.357. The topological polar surface area (TPSA) is 71.1 Å². The fourth-order valence-electron chi connectivity index (χ4n) is 3.60. The van der Waals surface area contributed by atoms with Crippen molar-refractivity contribution in [2.75, 3.05) is 6.61 Å². The van der Waals surface area contributed by atoms with Gasteiger partial charge in [-0.05, 0) is 65.8 Å². The second kappa shape index (κ2) is 10.1. The maximum absolute atomic E-state index is 12.5. The monoisotopic (exact) mass is 441 g/mol. The lowest BCUT2D eigenvalue weighted by atomic mass is 10.0. The maximum atomic E-state index is 12.5. The van der Waals surface area contributed by atoms with Crippen LogP contribution in [0.5, 0.6) is 5.75 Å². The number of carbonyl (C=O) groups is 1. The molecule has 4 rings (SSSR count). The number of ether oxygens (including phenoxy) is 1. The number of carbonyl (C=O) groups excluding carboxylic acids is 1. The van der Waals surface area contributed by atoms with Gasteiger partial charge in [0, 0.05) is 6.08 Å². The Balaban J connectivity index is 1.39. The molecule has 0 saturated heterocycles. The van der Waals surface area contributed by atoms with E-state index >= 15 is 0 Å². The van der Waals surface area contributed by atoms with E-state index in [1.54, 1.807) is 30.3 Å². The van der Waals surface area contributed by atoms with Crippen LogP contribution >= 0.6 is 0 Å². The zero-order valence-corrected chi connectivity index (χ0v) is 18.8. The van der Waals surface area contributed by atoms with Crippen molar-refractivity contribution in [3.63, 3.8) is 0 Å². The third-order valence-electron chi connectivity index (χ3n) is 5.41. The first kappa shape index (κ1) is 22.3. The molecule has 3 aromatic carbocycles. The van der Waals surface area contributed by atoms with Gasteiger partial charge >= 0.3 is 5.91 Å². The highest BCUT2D eigenvalue weighted by Gasteiger charge is 2.18. The van der Waals surface area contributed by atoms with Gasteiger partial charge in [0.25, 0.3) is 0 Å². The van der Waals surface area contributed by atoms with E-state index in [1.165, 1.54) is 12.5 Å². The molecule has 0 unspecified atom stereocenters. The fraction of sp³-hybridized carbons (Fsp3) is 0.222. The van der Waals surface area contributed by atoms with Gasteiger partial charge in [-0.2, -0.15) is 0 Å². The molecule has 4 aromatic rings. The fourth-order valence-corrected chi connectivity index (χ4v) is 3.60. The van der Waals surface area contributed by atoms with Crippen LogP contribution < -0.4 is 9.58 Å². The predicted octanol–water partition coefficient (Wildman–Crippen LogP) is 5.51. The molecule has 0 aliphatic heterocycles. The first-order valence-electron chi connectivity index (χ1n) is 11.1. The van der Waals surface area contributed by atoms with E-state index in [4.69, 9.17) is 4.74 Å². The Morgan fingerprint density at radius 2 is 1.70 bits per heavy atom. The Hall–Kier alpha value is -3.93. The molecule has 1 aromatic heterocycles. The van der Waals surface area contributed by atoms with Crippen LogP contribution in [0, 0.1) is 11.1 Å². The van der Waals surface area contributed by atoms with Crippen molar-refractivity contribution in [2.24, 2.45) is 5.92 Å². The van der Waals surface area contributed by atoms with Crippen molar-refractivity contribution in [1.29, 1.82) is 0 Å². The summed E-state index contributed by atoms with van der Waals surface area (Å²) in [6, 6.07) is 22.8. The zero-order valence-electron chi connectivity index (χ0n) is 18.8. The molecule has 0 spiro atoms. The van der Waals surface area contributed by atoms with Gasteiger partial charge in [0.15, 0.2) is 0 Å². The number of nitrogens with zero attached hydrogens (tertiary/aromatic N) is 3. The van der Waals surface area contributed by atoms with Gasteiger partial charge in [-0.15, -0.1) is 4.85 Å². The Morgan fingerprint density at radius 3 is 2.39 bits per heavy atom.